The molecule has 1 aromatic carbocycles. The molecule has 1 aliphatic rings. The van der Waals surface area contributed by atoms with Crippen LogP contribution in [0.1, 0.15) is 30.7 Å². The Bertz CT molecular complexity index is 625. The fraction of sp³-hybridized carbons (Fsp3) is 0.312. The lowest BCUT2D eigenvalue weighted by atomic mass is 9.80. The van der Waals surface area contributed by atoms with Gasteiger partial charge in [-0.2, -0.15) is 0 Å². The molecule has 1 saturated carbocycles. The fourth-order valence-electron chi connectivity index (χ4n) is 2.32. The maximum atomic E-state index is 13.8. The van der Waals surface area contributed by atoms with Gasteiger partial charge in [-0.25, -0.2) is 14.5 Å². The minimum Gasteiger partial charge on any atom is -0.436 e. The van der Waals surface area contributed by atoms with Crippen LogP contribution in [0.4, 0.5) is 14.6 Å². The third kappa shape index (κ3) is 2.96. The van der Waals surface area contributed by atoms with Crippen molar-refractivity contribution in [3.05, 3.63) is 47.9 Å². The monoisotopic (exact) mass is 290 g/mol. The Kier molecular flexibility index (Phi) is 3.73. The molecule has 0 atom stereocenters. The lowest BCUT2D eigenvalue weighted by molar-refractivity contribution is 0.412. The second-order valence-corrected chi connectivity index (χ2v) is 5.26. The summed E-state index contributed by atoms with van der Waals surface area (Å²) in [4.78, 5) is 3.80. The van der Waals surface area contributed by atoms with E-state index in [0.717, 1.165) is 6.07 Å². The molecule has 1 aliphatic carbocycles. The Balaban J connectivity index is 1.73. The van der Waals surface area contributed by atoms with Gasteiger partial charge in [-0.05, 0) is 36.5 Å². The average molecular weight is 290 g/mol. The molecular formula is C16H16F2N2O. The molecule has 0 amide bonds. The lowest BCUT2D eigenvalue weighted by Crippen LogP contribution is -2.08. The quantitative estimate of drug-likeness (QED) is 0.769. The van der Waals surface area contributed by atoms with Crippen LogP contribution in [0.15, 0.2) is 36.5 Å². The predicted octanol–water partition coefficient (Wildman–Crippen LogP) is 4.60. The van der Waals surface area contributed by atoms with Crippen molar-refractivity contribution >= 4 is 5.69 Å². The summed E-state index contributed by atoms with van der Waals surface area (Å²) in [5.41, 5.74) is 1.33. The number of aromatic nitrogens is 1. The summed E-state index contributed by atoms with van der Waals surface area (Å²) in [5.74, 6) is 0.316. The molecular weight excluding hydrogens is 274 g/mol. The number of ether oxygens (including phenoxy) is 1. The fourth-order valence-corrected chi connectivity index (χ4v) is 2.32. The first-order chi connectivity index (χ1) is 10.1. The minimum absolute atomic E-state index is 0.0418. The first-order valence-electron chi connectivity index (χ1n) is 6.96. The number of nitrogens with zero attached hydrogens (tertiary/aromatic N) is 2. The van der Waals surface area contributed by atoms with Crippen molar-refractivity contribution in [3.8, 4) is 11.6 Å². The Morgan fingerprint density at radius 1 is 1.24 bits per heavy atom. The molecule has 21 heavy (non-hydrogen) atoms. The highest BCUT2D eigenvalue weighted by molar-refractivity contribution is 5.43. The molecule has 110 valence electrons. The first kappa shape index (κ1) is 13.8. The lowest BCUT2D eigenvalue weighted by Gasteiger charge is -2.25. The second-order valence-electron chi connectivity index (χ2n) is 5.26. The van der Waals surface area contributed by atoms with E-state index >= 15 is 0 Å². The molecule has 3 nitrogen and oxygen atoms in total. The van der Waals surface area contributed by atoms with Crippen LogP contribution in [0, 0.1) is 5.82 Å². The van der Waals surface area contributed by atoms with E-state index in [4.69, 9.17) is 4.74 Å². The predicted molar refractivity (Wildman–Crippen MR) is 76.8 cm³/mol. The van der Waals surface area contributed by atoms with E-state index < -0.39 is 5.82 Å². The van der Waals surface area contributed by atoms with Gasteiger partial charge >= 0.3 is 0 Å². The van der Waals surface area contributed by atoms with Gasteiger partial charge < -0.3 is 4.74 Å². The molecule has 0 saturated heterocycles. The maximum absolute atomic E-state index is 13.8. The van der Waals surface area contributed by atoms with E-state index in [0.29, 0.717) is 16.8 Å². The Morgan fingerprint density at radius 2 is 1.95 bits per heavy atom. The van der Waals surface area contributed by atoms with Gasteiger partial charge in [0.05, 0.1) is 11.9 Å². The van der Waals surface area contributed by atoms with E-state index in [1.165, 1.54) is 38.1 Å². The second kappa shape index (κ2) is 5.68. The van der Waals surface area contributed by atoms with Crippen LogP contribution >= 0.6 is 0 Å². The third-order valence-electron chi connectivity index (χ3n) is 3.82. The summed E-state index contributed by atoms with van der Waals surface area (Å²) in [6, 6.07) is 8.67. The molecule has 0 aliphatic heterocycles. The Morgan fingerprint density at radius 3 is 2.48 bits per heavy atom. The highest BCUT2D eigenvalue weighted by Crippen LogP contribution is 2.37. The van der Waals surface area contributed by atoms with E-state index in [1.54, 1.807) is 0 Å². The summed E-state index contributed by atoms with van der Waals surface area (Å²) < 4.78 is 32.1. The summed E-state index contributed by atoms with van der Waals surface area (Å²) in [7, 11) is 1.18. The minimum atomic E-state index is -0.694. The number of rotatable bonds is 4. The molecule has 0 radical (unpaired) electrons. The summed E-state index contributed by atoms with van der Waals surface area (Å²) in [6.45, 7) is 0. The summed E-state index contributed by atoms with van der Waals surface area (Å²) >= 11 is 0. The smallest absolute Gasteiger partial charge is 0.256 e. The zero-order chi connectivity index (χ0) is 14.8. The van der Waals surface area contributed by atoms with Crippen LogP contribution in [0.3, 0.4) is 0 Å². The number of anilines is 1. The highest BCUT2D eigenvalue weighted by atomic mass is 19.2. The van der Waals surface area contributed by atoms with Crippen molar-refractivity contribution in [2.45, 2.75) is 25.2 Å². The molecule has 5 heteroatoms. The normalized spacial score (nSPS) is 14.6. The van der Waals surface area contributed by atoms with Crippen molar-refractivity contribution in [1.29, 1.82) is 0 Å². The van der Waals surface area contributed by atoms with Crippen LogP contribution in [0.25, 0.3) is 0 Å². The maximum Gasteiger partial charge on any atom is 0.256 e. The van der Waals surface area contributed by atoms with Gasteiger partial charge in [-0.15, -0.1) is 4.48 Å². The van der Waals surface area contributed by atoms with Crippen molar-refractivity contribution in [1.82, 2.24) is 4.98 Å². The third-order valence-corrected chi connectivity index (χ3v) is 3.82. The zero-order valence-corrected chi connectivity index (χ0v) is 11.7. The summed E-state index contributed by atoms with van der Waals surface area (Å²) in [6.07, 6.45) is 4.97. The number of benzene rings is 1. The molecule has 2 aromatic rings. The highest BCUT2D eigenvalue weighted by Gasteiger charge is 2.19. The van der Waals surface area contributed by atoms with E-state index in [2.05, 4.69) is 4.98 Å². The largest absolute Gasteiger partial charge is 0.436 e. The van der Waals surface area contributed by atoms with Crippen molar-refractivity contribution in [2.24, 2.45) is 0 Å². The van der Waals surface area contributed by atoms with Gasteiger partial charge in [-0.3, -0.25) is 0 Å². The SMILES string of the molecule is CN(F)c1cnc(Oc2ccc(C3CCC3)cc2)c(F)c1. The molecule has 0 spiro atoms. The molecule has 0 unspecified atom stereocenters. The van der Waals surface area contributed by atoms with E-state index in [9.17, 15) is 8.87 Å². The molecule has 1 fully saturated rings. The Hall–Kier alpha value is -2.17. The topological polar surface area (TPSA) is 25.4 Å². The van der Waals surface area contributed by atoms with Gasteiger partial charge in [0.1, 0.15) is 5.75 Å². The van der Waals surface area contributed by atoms with Crippen LogP contribution < -0.4 is 9.86 Å². The number of pyridine rings is 1. The summed E-state index contributed by atoms with van der Waals surface area (Å²) in [5, 5.41) is 0.299. The van der Waals surface area contributed by atoms with Crippen molar-refractivity contribution in [3.63, 3.8) is 0 Å². The van der Waals surface area contributed by atoms with Crippen LogP contribution in [-0.4, -0.2) is 12.0 Å². The van der Waals surface area contributed by atoms with Crippen LogP contribution in [0.2, 0.25) is 0 Å². The molecule has 3 rings (SSSR count). The number of hydrogen-bond donors (Lipinski definition) is 0. The van der Waals surface area contributed by atoms with E-state index in [-0.39, 0.29) is 11.6 Å². The van der Waals surface area contributed by atoms with Gasteiger partial charge in [0.15, 0.2) is 5.82 Å². The number of hydrogen-bond acceptors (Lipinski definition) is 3. The zero-order valence-electron chi connectivity index (χ0n) is 11.7. The molecule has 0 bridgehead atoms. The molecule has 0 N–H and O–H groups in total. The van der Waals surface area contributed by atoms with Gasteiger partial charge in [-0.1, -0.05) is 18.6 Å². The number of halogens is 2. The van der Waals surface area contributed by atoms with Gasteiger partial charge in [0.25, 0.3) is 5.88 Å². The first-order valence-corrected chi connectivity index (χ1v) is 6.96. The van der Waals surface area contributed by atoms with E-state index in [1.807, 2.05) is 24.3 Å². The van der Waals surface area contributed by atoms with Gasteiger partial charge in [0, 0.05) is 13.1 Å². The molecule has 1 heterocycles. The van der Waals surface area contributed by atoms with Gasteiger partial charge in [0.2, 0.25) is 0 Å². The standard InChI is InChI=1S/C16H16F2N2O/c1-20(18)13-9-15(17)16(19-10-13)21-14-7-5-12(6-8-14)11-3-2-4-11/h5-11H,2-4H2,1H3. The average Bonchev–Trinajstić information content (AvgIpc) is 2.41. The van der Waals surface area contributed by atoms with Crippen molar-refractivity contribution < 1.29 is 13.6 Å². The van der Waals surface area contributed by atoms with Crippen LogP contribution in [0.5, 0.6) is 11.6 Å². The van der Waals surface area contributed by atoms with Crippen LogP contribution in [-0.2, 0) is 0 Å². The van der Waals surface area contributed by atoms with Crippen molar-refractivity contribution in [2.75, 3.05) is 12.2 Å². The molecule has 1 aromatic heterocycles. The Labute approximate surface area is 122 Å².